The predicted octanol–water partition coefficient (Wildman–Crippen LogP) is 2.16. The van der Waals surface area contributed by atoms with E-state index in [9.17, 15) is 4.79 Å². The van der Waals surface area contributed by atoms with Crippen molar-refractivity contribution < 1.29 is 14.6 Å². The average molecular weight is 263 g/mol. The molecule has 1 fully saturated rings. The highest BCUT2D eigenvalue weighted by Gasteiger charge is 2.34. The smallest absolute Gasteiger partial charge is 0.308 e. The molecule has 1 aromatic rings. The summed E-state index contributed by atoms with van der Waals surface area (Å²) >= 11 is 0. The Hall–Kier alpha value is -1.55. The second-order valence-electron chi connectivity index (χ2n) is 5.43. The number of rotatable bonds is 4. The van der Waals surface area contributed by atoms with E-state index >= 15 is 0 Å². The second-order valence-corrected chi connectivity index (χ2v) is 5.43. The minimum absolute atomic E-state index is 0.202. The fourth-order valence-corrected chi connectivity index (χ4v) is 2.79. The van der Waals surface area contributed by atoms with Crippen molar-refractivity contribution in [3.8, 4) is 5.75 Å². The zero-order chi connectivity index (χ0) is 14.0. The van der Waals surface area contributed by atoms with E-state index in [4.69, 9.17) is 9.84 Å². The molecule has 19 heavy (non-hydrogen) atoms. The Morgan fingerprint density at radius 2 is 2.21 bits per heavy atom. The molecule has 2 atom stereocenters. The van der Waals surface area contributed by atoms with Gasteiger partial charge in [-0.1, -0.05) is 24.6 Å². The monoisotopic (exact) mass is 263 g/mol. The van der Waals surface area contributed by atoms with Gasteiger partial charge in [-0.2, -0.15) is 0 Å². The van der Waals surface area contributed by atoms with E-state index in [-0.39, 0.29) is 11.8 Å². The topological polar surface area (TPSA) is 49.8 Å². The molecule has 1 aliphatic heterocycles. The molecule has 1 aromatic carbocycles. The summed E-state index contributed by atoms with van der Waals surface area (Å²) in [5.41, 5.74) is 2.32. The number of carbonyl (C=O) groups is 1. The molecule has 2 rings (SSSR count). The maximum Gasteiger partial charge on any atom is 0.308 e. The van der Waals surface area contributed by atoms with Crippen molar-refractivity contribution in [3.05, 3.63) is 29.3 Å². The number of methoxy groups -OCH3 is 1. The first-order chi connectivity index (χ1) is 9.01. The lowest BCUT2D eigenvalue weighted by atomic mass is 9.99. The van der Waals surface area contributed by atoms with Crippen LogP contribution in [0.2, 0.25) is 0 Å². The van der Waals surface area contributed by atoms with E-state index in [0.717, 1.165) is 24.4 Å². The molecule has 104 valence electrons. The molecule has 1 saturated heterocycles. The van der Waals surface area contributed by atoms with Crippen LogP contribution in [0.1, 0.15) is 18.1 Å². The number of likely N-dealkylation sites (tertiary alicyclic amines) is 1. The van der Waals surface area contributed by atoms with E-state index < -0.39 is 5.97 Å². The van der Waals surface area contributed by atoms with Gasteiger partial charge in [0.15, 0.2) is 0 Å². The van der Waals surface area contributed by atoms with Crippen molar-refractivity contribution in [1.29, 1.82) is 0 Å². The minimum atomic E-state index is -0.689. The van der Waals surface area contributed by atoms with Crippen molar-refractivity contribution in [3.63, 3.8) is 0 Å². The minimum Gasteiger partial charge on any atom is -0.496 e. The molecule has 0 radical (unpaired) electrons. The molecule has 0 amide bonds. The Morgan fingerprint density at radius 3 is 2.79 bits per heavy atom. The highest BCUT2D eigenvalue weighted by Crippen LogP contribution is 2.27. The van der Waals surface area contributed by atoms with Crippen LogP contribution >= 0.6 is 0 Å². The van der Waals surface area contributed by atoms with E-state index in [0.29, 0.717) is 6.54 Å². The molecular weight excluding hydrogens is 242 g/mol. The first-order valence-corrected chi connectivity index (χ1v) is 6.60. The first-order valence-electron chi connectivity index (χ1n) is 6.60. The first kappa shape index (κ1) is 13.9. The maximum atomic E-state index is 11.1. The summed E-state index contributed by atoms with van der Waals surface area (Å²) in [6, 6.07) is 6.10. The molecule has 2 unspecified atom stereocenters. The zero-order valence-corrected chi connectivity index (χ0v) is 11.7. The van der Waals surface area contributed by atoms with Gasteiger partial charge in [0.25, 0.3) is 0 Å². The van der Waals surface area contributed by atoms with Crippen LogP contribution in [-0.4, -0.2) is 36.2 Å². The van der Waals surface area contributed by atoms with Crippen LogP contribution in [0, 0.1) is 18.8 Å². The van der Waals surface area contributed by atoms with Gasteiger partial charge in [-0.3, -0.25) is 9.69 Å². The zero-order valence-electron chi connectivity index (χ0n) is 11.7. The van der Waals surface area contributed by atoms with Gasteiger partial charge in [-0.05, 0) is 18.9 Å². The molecular formula is C15H21NO3. The van der Waals surface area contributed by atoms with E-state index in [1.165, 1.54) is 5.56 Å². The molecule has 1 N–H and O–H groups in total. The Kier molecular flexibility index (Phi) is 4.10. The predicted molar refractivity (Wildman–Crippen MR) is 73.3 cm³/mol. The lowest BCUT2D eigenvalue weighted by Crippen LogP contribution is -2.23. The van der Waals surface area contributed by atoms with Crippen LogP contribution in [0.4, 0.5) is 0 Å². The standard InChI is InChI=1S/C15H21NO3/c1-10-4-5-14(19-3)12(6-10)8-16-7-11(2)13(9-16)15(17)18/h4-6,11,13H,7-9H2,1-3H3,(H,17,18). The van der Waals surface area contributed by atoms with Gasteiger partial charge in [0.05, 0.1) is 13.0 Å². The summed E-state index contributed by atoms with van der Waals surface area (Å²) in [4.78, 5) is 13.3. The average Bonchev–Trinajstić information content (AvgIpc) is 2.71. The van der Waals surface area contributed by atoms with Crippen LogP contribution < -0.4 is 4.74 Å². The van der Waals surface area contributed by atoms with E-state index in [2.05, 4.69) is 17.9 Å². The SMILES string of the molecule is COc1ccc(C)cc1CN1CC(C)C(C(=O)O)C1. The van der Waals surface area contributed by atoms with Gasteiger partial charge in [0.1, 0.15) is 5.75 Å². The summed E-state index contributed by atoms with van der Waals surface area (Å²) in [6.07, 6.45) is 0. The van der Waals surface area contributed by atoms with Crippen molar-refractivity contribution in [2.45, 2.75) is 20.4 Å². The molecule has 4 heteroatoms. The van der Waals surface area contributed by atoms with Crippen molar-refractivity contribution >= 4 is 5.97 Å². The van der Waals surface area contributed by atoms with Crippen molar-refractivity contribution in [1.82, 2.24) is 4.90 Å². The summed E-state index contributed by atoms with van der Waals surface area (Å²) in [5.74, 6) is 0.132. The van der Waals surface area contributed by atoms with Gasteiger partial charge in [-0.25, -0.2) is 0 Å². The Bertz CT molecular complexity index is 472. The third kappa shape index (κ3) is 3.07. The fourth-order valence-electron chi connectivity index (χ4n) is 2.79. The highest BCUT2D eigenvalue weighted by molar-refractivity contribution is 5.71. The molecule has 0 aliphatic carbocycles. The molecule has 0 saturated carbocycles. The Balaban J connectivity index is 2.10. The van der Waals surface area contributed by atoms with Crippen LogP contribution in [0.5, 0.6) is 5.75 Å². The number of nitrogens with zero attached hydrogens (tertiary/aromatic N) is 1. The third-order valence-electron chi connectivity index (χ3n) is 3.84. The quantitative estimate of drug-likeness (QED) is 0.904. The van der Waals surface area contributed by atoms with Gasteiger partial charge in [0, 0.05) is 25.2 Å². The molecule has 1 aliphatic rings. The lowest BCUT2D eigenvalue weighted by Gasteiger charge is -2.18. The van der Waals surface area contributed by atoms with Crippen LogP contribution in [-0.2, 0) is 11.3 Å². The van der Waals surface area contributed by atoms with Gasteiger partial charge < -0.3 is 9.84 Å². The van der Waals surface area contributed by atoms with Crippen molar-refractivity contribution in [2.24, 2.45) is 11.8 Å². The van der Waals surface area contributed by atoms with Gasteiger partial charge in [0.2, 0.25) is 0 Å². The van der Waals surface area contributed by atoms with Crippen LogP contribution in [0.25, 0.3) is 0 Å². The third-order valence-corrected chi connectivity index (χ3v) is 3.84. The summed E-state index contributed by atoms with van der Waals surface area (Å²) in [6.45, 7) is 6.25. The highest BCUT2D eigenvalue weighted by atomic mass is 16.5. The molecule has 1 heterocycles. The number of hydrogen-bond acceptors (Lipinski definition) is 3. The number of benzene rings is 1. The molecule has 0 aromatic heterocycles. The fraction of sp³-hybridized carbons (Fsp3) is 0.533. The number of hydrogen-bond donors (Lipinski definition) is 1. The van der Waals surface area contributed by atoms with Crippen LogP contribution in [0.3, 0.4) is 0 Å². The number of aliphatic carboxylic acids is 1. The largest absolute Gasteiger partial charge is 0.496 e. The number of carboxylic acid groups (broad SMARTS) is 1. The van der Waals surface area contributed by atoms with E-state index in [1.54, 1.807) is 7.11 Å². The summed E-state index contributed by atoms with van der Waals surface area (Å²) in [5, 5.41) is 9.16. The molecule has 4 nitrogen and oxygen atoms in total. The number of carboxylic acids is 1. The van der Waals surface area contributed by atoms with Crippen LogP contribution in [0.15, 0.2) is 18.2 Å². The normalized spacial score (nSPS) is 23.5. The van der Waals surface area contributed by atoms with Gasteiger partial charge in [-0.15, -0.1) is 0 Å². The van der Waals surface area contributed by atoms with Crippen molar-refractivity contribution in [2.75, 3.05) is 20.2 Å². The van der Waals surface area contributed by atoms with E-state index in [1.807, 2.05) is 19.1 Å². The maximum absolute atomic E-state index is 11.1. The second kappa shape index (κ2) is 5.61. The Morgan fingerprint density at radius 1 is 1.47 bits per heavy atom. The number of ether oxygens (including phenoxy) is 1. The summed E-state index contributed by atoms with van der Waals surface area (Å²) in [7, 11) is 1.67. The van der Waals surface area contributed by atoms with Gasteiger partial charge >= 0.3 is 5.97 Å². The Labute approximate surface area is 114 Å². The lowest BCUT2D eigenvalue weighted by molar-refractivity contribution is -0.142. The molecule has 0 bridgehead atoms. The molecule has 0 spiro atoms. The number of aryl methyl sites for hydroxylation is 1. The summed E-state index contributed by atoms with van der Waals surface area (Å²) < 4.78 is 5.37.